The minimum atomic E-state index is 0.638. The molecule has 0 spiro atoms. The quantitative estimate of drug-likeness (QED) is 0.946. The minimum Gasteiger partial charge on any atom is -0.486 e. The Morgan fingerprint density at radius 2 is 2.05 bits per heavy atom. The van der Waals surface area contributed by atoms with Crippen molar-refractivity contribution in [3.05, 3.63) is 41.7 Å². The molecular weight excluding hydrogens is 278 g/mol. The Hall–Kier alpha value is -2.01. The molecule has 1 N–H and O–H groups in total. The van der Waals surface area contributed by atoms with Crippen LogP contribution in [0.1, 0.15) is 29.9 Å². The summed E-state index contributed by atoms with van der Waals surface area (Å²) >= 11 is 0. The standard InChI is InChI=1S/C17H21N3O2/c1-2-14(17-16(3-1)21-8-9-22-17)12-20-6-4-13(5-7-20)15-10-18-19-11-15/h1-3,10-11,13H,4-9,12H2,(H,18,19). The van der Waals surface area contributed by atoms with Crippen molar-refractivity contribution in [3.63, 3.8) is 0 Å². The van der Waals surface area contributed by atoms with E-state index < -0.39 is 0 Å². The van der Waals surface area contributed by atoms with E-state index in [1.54, 1.807) is 0 Å². The molecule has 116 valence electrons. The fourth-order valence-electron chi connectivity index (χ4n) is 3.41. The van der Waals surface area contributed by atoms with E-state index in [1.807, 2.05) is 18.5 Å². The highest BCUT2D eigenvalue weighted by molar-refractivity contribution is 5.47. The SMILES string of the molecule is c1cc(CN2CCC(c3cn[nH]c3)CC2)c2c(c1)OCCO2. The highest BCUT2D eigenvalue weighted by atomic mass is 16.6. The van der Waals surface area contributed by atoms with E-state index in [4.69, 9.17) is 9.47 Å². The highest BCUT2D eigenvalue weighted by Gasteiger charge is 2.23. The number of H-pyrrole nitrogens is 1. The molecule has 22 heavy (non-hydrogen) atoms. The fraction of sp³-hybridized carbons (Fsp3) is 0.471. The molecule has 1 aromatic carbocycles. The Kier molecular flexibility index (Phi) is 3.72. The van der Waals surface area contributed by atoms with Crippen molar-refractivity contribution in [1.82, 2.24) is 15.1 Å². The maximum atomic E-state index is 5.81. The first-order valence-electron chi connectivity index (χ1n) is 7.98. The Bertz CT molecular complexity index is 619. The van der Waals surface area contributed by atoms with Gasteiger partial charge in [0.25, 0.3) is 0 Å². The zero-order chi connectivity index (χ0) is 14.8. The topological polar surface area (TPSA) is 50.4 Å². The summed E-state index contributed by atoms with van der Waals surface area (Å²) in [5.41, 5.74) is 2.58. The lowest BCUT2D eigenvalue weighted by molar-refractivity contribution is 0.162. The maximum absolute atomic E-state index is 5.81. The predicted molar refractivity (Wildman–Crippen MR) is 83.3 cm³/mol. The summed E-state index contributed by atoms with van der Waals surface area (Å²) in [5.74, 6) is 2.46. The number of nitrogens with zero attached hydrogens (tertiary/aromatic N) is 2. The Morgan fingerprint density at radius 3 is 2.86 bits per heavy atom. The number of aromatic amines is 1. The van der Waals surface area contributed by atoms with Crippen LogP contribution in [0, 0.1) is 0 Å². The van der Waals surface area contributed by atoms with Gasteiger partial charge in [-0.2, -0.15) is 5.10 Å². The van der Waals surface area contributed by atoms with Crippen molar-refractivity contribution in [2.24, 2.45) is 0 Å². The van der Waals surface area contributed by atoms with Crippen LogP contribution >= 0.6 is 0 Å². The van der Waals surface area contributed by atoms with Crippen molar-refractivity contribution in [3.8, 4) is 11.5 Å². The Labute approximate surface area is 130 Å². The van der Waals surface area contributed by atoms with Gasteiger partial charge >= 0.3 is 0 Å². The number of hydrogen-bond acceptors (Lipinski definition) is 4. The van der Waals surface area contributed by atoms with Crippen molar-refractivity contribution in [1.29, 1.82) is 0 Å². The van der Waals surface area contributed by atoms with E-state index in [0.29, 0.717) is 19.1 Å². The van der Waals surface area contributed by atoms with E-state index in [0.717, 1.165) is 31.1 Å². The lowest BCUT2D eigenvalue weighted by atomic mass is 9.91. The normalized spacial score (nSPS) is 19.3. The Morgan fingerprint density at radius 1 is 1.18 bits per heavy atom. The molecule has 3 heterocycles. The number of aromatic nitrogens is 2. The van der Waals surface area contributed by atoms with Crippen LogP contribution in [-0.2, 0) is 6.54 Å². The Balaban J connectivity index is 1.41. The van der Waals surface area contributed by atoms with Crippen molar-refractivity contribution < 1.29 is 9.47 Å². The zero-order valence-electron chi connectivity index (χ0n) is 12.6. The number of hydrogen-bond donors (Lipinski definition) is 1. The first-order valence-corrected chi connectivity index (χ1v) is 7.98. The molecule has 0 amide bonds. The third kappa shape index (κ3) is 2.68. The number of benzene rings is 1. The fourth-order valence-corrected chi connectivity index (χ4v) is 3.41. The van der Waals surface area contributed by atoms with Crippen molar-refractivity contribution >= 4 is 0 Å². The average molecular weight is 299 g/mol. The lowest BCUT2D eigenvalue weighted by Crippen LogP contribution is -2.32. The third-order valence-corrected chi connectivity index (χ3v) is 4.62. The average Bonchev–Trinajstić information content (AvgIpc) is 3.10. The van der Waals surface area contributed by atoms with Gasteiger partial charge in [0.15, 0.2) is 11.5 Å². The molecule has 0 unspecified atom stereocenters. The number of piperidine rings is 1. The van der Waals surface area contributed by atoms with Crippen LogP contribution in [0.3, 0.4) is 0 Å². The van der Waals surface area contributed by atoms with Crippen LogP contribution in [0.4, 0.5) is 0 Å². The van der Waals surface area contributed by atoms with E-state index in [-0.39, 0.29) is 0 Å². The number of fused-ring (bicyclic) bond motifs is 1. The van der Waals surface area contributed by atoms with Gasteiger partial charge in [-0.05, 0) is 43.5 Å². The molecule has 0 aliphatic carbocycles. The minimum absolute atomic E-state index is 0.638. The van der Waals surface area contributed by atoms with Crippen LogP contribution in [0.25, 0.3) is 0 Å². The van der Waals surface area contributed by atoms with Gasteiger partial charge in [-0.15, -0.1) is 0 Å². The maximum Gasteiger partial charge on any atom is 0.165 e. The summed E-state index contributed by atoms with van der Waals surface area (Å²) in [6.45, 7) is 4.45. The molecule has 5 nitrogen and oxygen atoms in total. The highest BCUT2D eigenvalue weighted by Crippen LogP contribution is 2.35. The molecule has 2 aliphatic rings. The van der Waals surface area contributed by atoms with E-state index in [1.165, 1.54) is 24.0 Å². The van der Waals surface area contributed by atoms with Gasteiger partial charge in [0, 0.05) is 18.3 Å². The largest absolute Gasteiger partial charge is 0.486 e. The summed E-state index contributed by atoms with van der Waals surface area (Å²) in [7, 11) is 0. The lowest BCUT2D eigenvalue weighted by Gasteiger charge is -2.32. The number of para-hydroxylation sites is 1. The predicted octanol–water partition coefficient (Wildman–Crippen LogP) is 2.56. The molecule has 0 bridgehead atoms. The molecule has 1 saturated heterocycles. The summed E-state index contributed by atoms with van der Waals surface area (Å²) in [6.07, 6.45) is 6.36. The van der Waals surface area contributed by atoms with Crippen LogP contribution < -0.4 is 9.47 Å². The van der Waals surface area contributed by atoms with Gasteiger partial charge in [0.1, 0.15) is 13.2 Å². The molecule has 5 heteroatoms. The van der Waals surface area contributed by atoms with Crippen molar-refractivity contribution in [2.75, 3.05) is 26.3 Å². The van der Waals surface area contributed by atoms with Gasteiger partial charge in [-0.1, -0.05) is 12.1 Å². The number of rotatable bonds is 3. The van der Waals surface area contributed by atoms with E-state index >= 15 is 0 Å². The second-order valence-corrected chi connectivity index (χ2v) is 6.02. The van der Waals surface area contributed by atoms with Crippen molar-refractivity contribution in [2.45, 2.75) is 25.3 Å². The number of ether oxygens (including phenoxy) is 2. The molecule has 4 rings (SSSR count). The van der Waals surface area contributed by atoms with Gasteiger partial charge in [0.2, 0.25) is 0 Å². The van der Waals surface area contributed by atoms with Crippen LogP contribution in [-0.4, -0.2) is 41.4 Å². The van der Waals surface area contributed by atoms with Gasteiger partial charge in [0.05, 0.1) is 6.20 Å². The summed E-state index contributed by atoms with van der Waals surface area (Å²) in [6, 6.07) is 6.19. The zero-order valence-corrected chi connectivity index (χ0v) is 12.6. The van der Waals surface area contributed by atoms with Crippen LogP contribution in [0.15, 0.2) is 30.6 Å². The van der Waals surface area contributed by atoms with Gasteiger partial charge in [-0.25, -0.2) is 0 Å². The summed E-state index contributed by atoms with van der Waals surface area (Å²) < 4.78 is 11.5. The van der Waals surface area contributed by atoms with E-state index in [2.05, 4.69) is 27.2 Å². The van der Waals surface area contributed by atoms with Crippen LogP contribution in [0.5, 0.6) is 11.5 Å². The molecule has 2 aromatic rings. The molecule has 1 aromatic heterocycles. The summed E-state index contributed by atoms with van der Waals surface area (Å²) in [5, 5.41) is 6.98. The third-order valence-electron chi connectivity index (χ3n) is 4.62. The van der Waals surface area contributed by atoms with Gasteiger partial charge < -0.3 is 9.47 Å². The van der Waals surface area contributed by atoms with Crippen LogP contribution in [0.2, 0.25) is 0 Å². The molecular formula is C17H21N3O2. The first kappa shape index (κ1) is 13.6. The molecule has 0 radical (unpaired) electrons. The molecule has 2 aliphatic heterocycles. The molecule has 0 atom stereocenters. The molecule has 1 fully saturated rings. The second kappa shape index (κ2) is 6.01. The molecule has 0 saturated carbocycles. The number of likely N-dealkylation sites (tertiary alicyclic amines) is 1. The van der Waals surface area contributed by atoms with Gasteiger partial charge in [-0.3, -0.25) is 10.00 Å². The van der Waals surface area contributed by atoms with E-state index in [9.17, 15) is 0 Å². The monoisotopic (exact) mass is 299 g/mol. The second-order valence-electron chi connectivity index (χ2n) is 6.02. The number of nitrogens with one attached hydrogen (secondary N) is 1. The summed E-state index contributed by atoms with van der Waals surface area (Å²) in [4.78, 5) is 2.50. The smallest absolute Gasteiger partial charge is 0.165 e. The first-order chi connectivity index (χ1) is 10.9.